The lowest BCUT2D eigenvalue weighted by Gasteiger charge is -1.57. The first-order valence-electron chi connectivity index (χ1n) is 2.60. The number of hydrogen-bond donors (Lipinski definition) is 1. The van der Waals surface area contributed by atoms with Crippen LogP contribution in [0.4, 0.5) is 4.48 Å². The molecule has 0 unspecified atom stereocenters. The van der Waals surface area contributed by atoms with Crippen LogP contribution in [0.5, 0.6) is 0 Å². The lowest BCUT2D eigenvalue weighted by atomic mass is 11.0. The average molecular weight is 117 g/mol. The number of aromatic amines is 1. The number of rotatable bonds is 0. The van der Waals surface area contributed by atoms with E-state index in [0.29, 0.717) is 4.79 Å². The smallest absolute Gasteiger partial charge is 0.248 e. The van der Waals surface area contributed by atoms with Crippen molar-refractivity contribution in [1.29, 1.82) is 0 Å². The molecule has 1 aromatic heterocycles. The van der Waals surface area contributed by atoms with E-state index in [1.807, 2.05) is 13.8 Å². The molecule has 2 nitrogen and oxygen atoms in total. The third-order valence-corrected chi connectivity index (χ3v) is 0.511. The highest BCUT2D eigenvalue weighted by Crippen LogP contribution is 1.63. The van der Waals surface area contributed by atoms with Gasteiger partial charge >= 0.3 is 0 Å². The molecule has 3 heteroatoms. The van der Waals surface area contributed by atoms with Gasteiger partial charge in [-0.3, -0.25) is 0 Å². The third-order valence-electron chi connectivity index (χ3n) is 0.511. The van der Waals surface area contributed by atoms with Gasteiger partial charge < -0.3 is 0 Å². The molecule has 0 amide bonds. The van der Waals surface area contributed by atoms with E-state index in [0.717, 1.165) is 0 Å². The molecular formula is C5H10FN2+. The number of H-pyrrole nitrogens is 1. The van der Waals surface area contributed by atoms with Crippen molar-refractivity contribution in [3.63, 3.8) is 0 Å². The molecule has 1 heterocycles. The van der Waals surface area contributed by atoms with Crippen molar-refractivity contribution in [3.05, 3.63) is 18.7 Å². The molecule has 8 heavy (non-hydrogen) atoms. The fourth-order valence-corrected chi connectivity index (χ4v) is 0.272. The summed E-state index contributed by atoms with van der Waals surface area (Å²) in [7, 11) is 0. The molecule has 1 rings (SSSR count). The fourth-order valence-electron chi connectivity index (χ4n) is 0.272. The summed E-state index contributed by atoms with van der Waals surface area (Å²) in [5, 5.41) is 0. The van der Waals surface area contributed by atoms with E-state index >= 15 is 0 Å². The second-order valence-corrected chi connectivity index (χ2v) is 0.956. The van der Waals surface area contributed by atoms with Crippen LogP contribution in [-0.4, -0.2) is 4.98 Å². The minimum absolute atomic E-state index is 0.444. The predicted octanol–water partition coefficient (Wildman–Crippen LogP) is 1.06. The highest BCUT2D eigenvalue weighted by atomic mass is 19.2. The van der Waals surface area contributed by atoms with Crippen LogP contribution in [0.25, 0.3) is 0 Å². The van der Waals surface area contributed by atoms with E-state index in [4.69, 9.17) is 0 Å². The molecule has 1 N–H and O–H groups in total. The van der Waals surface area contributed by atoms with Crippen molar-refractivity contribution in [2.24, 2.45) is 0 Å². The van der Waals surface area contributed by atoms with Crippen LogP contribution in [-0.2, 0) is 0 Å². The summed E-state index contributed by atoms with van der Waals surface area (Å²) in [6, 6.07) is 0. The van der Waals surface area contributed by atoms with Gasteiger partial charge in [-0.05, 0) is 4.79 Å². The minimum Gasteiger partial charge on any atom is -0.248 e. The van der Waals surface area contributed by atoms with E-state index in [1.165, 1.54) is 18.7 Å². The topological polar surface area (TPSA) is 19.7 Å². The SMILES string of the molecule is CC.F[n+]1cc[nH]c1. The van der Waals surface area contributed by atoms with Gasteiger partial charge in [0.1, 0.15) is 6.20 Å². The Morgan fingerprint density at radius 1 is 1.50 bits per heavy atom. The minimum atomic E-state index is 0.444. The highest BCUT2D eigenvalue weighted by molar-refractivity contribution is 4.53. The molecule has 0 spiro atoms. The molecule has 0 aliphatic heterocycles. The molecule has 0 aromatic carbocycles. The van der Waals surface area contributed by atoms with Crippen LogP contribution in [0.1, 0.15) is 13.8 Å². The predicted molar refractivity (Wildman–Crippen MR) is 28.8 cm³/mol. The molecule has 0 saturated carbocycles. The molecule has 0 fully saturated rings. The van der Waals surface area contributed by atoms with Gasteiger partial charge in [-0.15, -0.1) is 0 Å². The first kappa shape index (κ1) is 7.14. The number of halogens is 1. The van der Waals surface area contributed by atoms with E-state index in [9.17, 15) is 4.48 Å². The zero-order chi connectivity index (χ0) is 6.41. The summed E-state index contributed by atoms with van der Waals surface area (Å²) in [5.74, 6) is 0. The molecular weight excluding hydrogens is 107 g/mol. The zero-order valence-corrected chi connectivity index (χ0v) is 5.06. The maximum atomic E-state index is 11.6. The molecule has 0 atom stereocenters. The number of nitrogens with one attached hydrogen (secondary N) is 1. The van der Waals surface area contributed by atoms with Crippen molar-refractivity contribution < 1.29 is 9.27 Å². The highest BCUT2D eigenvalue weighted by Gasteiger charge is 1.84. The fraction of sp³-hybridized carbons (Fsp3) is 0.400. The van der Waals surface area contributed by atoms with Crippen LogP contribution >= 0.6 is 0 Å². The lowest BCUT2D eigenvalue weighted by Crippen LogP contribution is -2.15. The van der Waals surface area contributed by atoms with E-state index in [2.05, 4.69) is 4.98 Å². The monoisotopic (exact) mass is 117 g/mol. The van der Waals surface area contributed by atoms with Gasteiger partial charge in [0.05, 0.1) is 0 Å². The van der Waals surface area contributed by atoms with Gasteiger partial charge in [0.15, 0.2) is 6.20 Å². The average Bonchev–Trinajstić information content (AvgIpc) is 2.24. The second-order valence-electron chi connectivity index (χ2n) is 0.956. The Kier molecular flexibility index (Phi) is 3.84. The second kappa shape index (κ2) is 4.30. The van der Waals surface area contributed by atoms with Crippen molar-refractivity contribution in [2.75, 3.05) is 0 Å². The Balaban J connectivity index is 0.000000222. The van der Waals surface area contributed by atoms with E-state index < -0.39 is 0 Å². The third kappa shape index (κ3) is 2.34. The van der Waals surface area contributed by atoms with Crippen LogP contribution in [0.15, 0.2) is 18.7 Å². The zero-order valence-electron chi connectivity index (χ0n) is 5.06. The molecule has 0 radical (unpaired) electrons. The summed E-state index contributed by atoms with van der Waals surface area (Å²) in [5.41, 5.74) is 0. The number of aromatic nitrogens is 2. The summed E-state index contributed by atoms with van der Waals surface area (Å²) in [6.07, 6.45) is 3.99. The van der Waals surface area contributed by atoms with Crippen molar-refractivity contribution in [3.8, 4) is 0 Å². The first-order valence-corrected chi connectivity index (χ1v) is 2.60. The Bertz CT molecular complexity index is 114. The number of imidazole rings is 1. The molecule has 0 aliphatic carbocycles. The van der Waals surface area contributed by atoms with Gasteiger partial charge in [0.2, 0.25) is 0 Å². The summed E-state index contributed by atoms with van der Waals surface area (Å²) in [4.78, 5) is 2.96. The molecule has 0 bridgehead atoms. The Labute approximate surface area is 47.9 Å². The Hall–Kier alpha value is -0.860. The Morgan fingerprint density at radius 3 is 2.25 bits per heavy atom. The molecule has 0 saturated heterocycles. The number of hydrogen-bond acceptors (Lipinski definition) is 0. The van der Waals surface area contributed by atoms with Crippen LogP contribution in [0.2, 0.25) is 0 Å². The van der Waals surface area contributed by atoms with E-state index in [-0.39, 0.29) is 0 Å². The van der Waals surface area contributed by atoms with Crippen molar-refractivity contribution in [2.45, 2.75) is 13.8 Å². The maximum absolute atomic E-state index is 11.6. The van der Waals surface area contributed by atoms with Crippen LogP contribution < -0.4 is 4.79 Å². The van der Waals surface area contributed by atoms with Crippen molar-refractivity contribution in [1.82, 2.24) is 4.98 Å². The van der Waals surface area contributed by atoms with Gasteiger partial charge in [-0.25, -0.2) is 4.98 Å². The van der Waals surface area contributed by atoms with Crippen LogP contribution in [0.3, 0.4) is 0 Å². The van der Waals surface area contributed by atoms with Gasteiger partial charge in [0, 0.05) is 4.48 Å². The maximum Gasteiger partial charge on any atom is 0.278 e. The molecule has 0 aliphatic rings. The Morgan fingerprint density at radius 2 is 2.12 bits per heavy atom. The van der Waals surface area contributed by atoms with Gasteiger partial charge in [0.25, 0.3) is 6.33 Å². The molecule has 46 valence electrons. The quantitative estimate of drug-likeness (QED) is 0.524. The number of nitrogens with zero attached hydrogens (tertiary/aromatic N) is 1. The summed E-state index contributed by atoms with van der Waals surface area (Å²) >= 11 is 0. The lowest BCUT2D eigenvalue weighted by molar-refractivity contribution is -0.842. The largest absolute Gasteiger partial charge is 0.278 e. The molecule has 1 aromatic rings. The standard InChI is InChI=1S/C3H3FN2.C2H6/c4-6-2-1-5-3-6;1-2/h1-3H;1-2H3/p+1. The van der Waals surface area contributed by atoms with E-state index in [1.54, 1.807) is 0 Å². The normalized spacial score (nSPS) is 7.38. The van der Waals surface area contributed by atoms with Gasteiger partial charge in [-0.2, -0.15) is 0 Å². The summed E-state index contributed by atoms with van der Waals surface area (Å²) in [6.45, 7) is 4.00. The van der Waals surface area contributed by atoms with Gasteiger partial charge in [-0.1, -0.05) is 13.8 Å². The first-order chi connectivity index (χ1) is 3.89. The summed E-state index contributed by atoms with van der Waals surface area (Å²) < 4.78 is 11.6. The van der Waals surface area contributed by atoms with Crippen LogP contribution in [0, 0.1) is 0 Å². The van der Waals surface area contributed by atoms with Crippen molar-refractivity contribution >= 4 is 0 Å².